The van der Waals surface area contributed by atoms with Crippen LogP contribution in [0.2, 0.25) is 0 Å². The van der Waals surface area contributed by atoms with Crippen molar-refractivity contribution in [2.45, 2.75) is 6.36 Å². The fraction of sp³-hybridized carbons (Fsp3) is 0.125. The highest BCUT2D eigenvalue weighted by molar-refractivity contribution is 5.70. The van der Waals surface area contributed by atoms with E-state index in [-0.39, 0.29) is 11.3 Å². The molecule has 0 spiro atoms. The van der Waals surface area contributed by atoms with E-state index in [9.17, 15) is 13.2 Å². The van der Waals surface area contributed by atoms with E-state index >= 15 is 0 Å². The average Bonchev–Trinajstić information content (AvgIpc) is 2.45. The summed E-state index contributed by atoms with van der Waals surface area (Å²) in [7, 11) is 1.54. The topological polar surface area (TPSA) is 18.5 Å². The Hall–Kier alpha value is -2.43. The zero-order chi connectivity index (χ0) is 15.5. The molecular weight excluding hydrogens is 281 g/mol. The van der Waals surface area contributed by atoms with Gasteiger partial charge in [-0.3, -0.25) is 0 Å². The summed E-state index contributed by atoms with van der Waals surface area (Å²) in [4.78, 5) is 0. The van der Waals surface area contributed by atoms with Gasteiger partial charge in [0.15, 0.2) is 0 Å². The lowest BCUT2D eigenvalue weighted by molar-refractivity contribution is -0.274. The van der Waals surface area contributed by atoms with Gasteiger partial charge in [0.1, 0.15) is 11.5 Å². The van der Waals surface area contributed by atoms with Gasteiger partial charge in [0.2, 0.25) is 0 Å². The second kappa shape index (κ2) is 5.91. The maximum atomic E-state index is 12.4. The van der Waals surface area contributed by atoms with Crippen LogP contribution in [0.4, 0.5) is 13.2 Å². The summed E-state index contributed by atoms with van der Waals surface area (Å²) in [6.07, 6.45) is -3.42. The minimum Gasteiger partial charge on any atom is -0.497 e. The highest BCUT2D eigenvalue weighted by Crippen LogP contribution is 2.32. The van der Waals surface area contributed by atoms with E-state index in [1.165, 1.54) is 18.2 Å². The minimum atomic E-state index is -4.74. The summed E-state index contributed by atoms with van der Waals surface area (Å²) < 4.78 is 46.3. The normalized spacial score (nSPS) is 11.0. The van der Waals surface area contributed by atoms with Crippen molar-refractivity contribution < 1.29 is 22.6 Å². The summed E-state index contributed by atoms with van der Waals surface area (Å²) in [5.41, 5.74) is 1.66. The molecule has 0 amide bonds. The van der Waals surface area contributed by atoms with Crippen LogP contribution in [0.1, 0.15) is 5.56 Å². The molecule has 0 atom stereocenters. The standard InChI is InChI=1S/C16H13F3O2/c1-3-11-4-5-13(10-15(11)21-16(17,18)19)12-6-8-14(20-2)9-7-12/h3-10H,1H2,2H3. The molecule has 2 rings (SSSR count). The van der Waals surface area contributed by atoms with E-state index in [0.717, 1.165) is 5.56 Å². The van der Waals surface area contributed by atoms with Crippen LogP contribution in [0.15, 0.2) is 49.0 Å². The molecular formula is C16H13F3O2. The fourth-order valence-corrected chi connectivity index (χ4v) is 1.88. The first-order valence-electron chi connectivity index (χ1n) is 6.09. The number of methoxy groups -OCH3 is 1. The molecule has 2 aromatic carbocycles. The van der Waals surface area contributed by atoms with E-state index in [1.54, 1.807) is 37.4 Å². The SMILES string of the molecule is C=Cc1ccc(-c2ccc(OC)cc2)cc1OC(F)(F)F. The highest BCUT2D eigenvalue weighted by atomic mass is 19.4. The molecule has 0 saturated carbocycles. The number of hydrogen-bond donors (Lipinski definition) is 0. The summed E-state index contributed by atoms with van der Waals surface area (Å²) in [6.45, 7) is 3.48. The lowest BCUT2D eigenvalue weighted by Crippen LogP contribution is -2.17. The number of rotatable bonds is 4. The number of halogens is 3. The van der Waals surface area contributed by atoms with Crippen molar-refractivity contribution in [3.8, 4) is 22.6 Å². The summed E-state index contributed by atoms with van der Waals surface area (Å²) >= 11 is 0. The molecule has 110 valence electrons. The molecule has 0 bridgehead atoms. The molecule has 5 heteroatoms. The molecule has 0 fully saturated rings. The van der Waals surface area contributed by atoms with Crippen molar-refractivity contribution in [2.24, 2.45) is 0 Å². The van der Waals surface area contributed by atoms with Crippen molar-refractivity contribution in [2.75, 3.05) is 7.11 Å². The van der Waals surface area contributed by atoms with E-state index in [4.69, 9.17) is 4.74 Å². The van der Waals surface area contributed by atoms with Gasteiger partial charge in [-0.2, -0.15) is 0 Å². The van der Waals surface area contributed by atoms with Crippen LogP contribution in [0.5, 0.6) is 11.5 Å². The molecule has 0 aromatic heterocycles. The van der Waals surface area contributed by atoms with Crippen LogP contribution >= 0.6 is 0 Å². The van der Waals surface area contributed by atoms with Crippen molar-refractivity contribution in [3.63, 3.8) is 0 Å². The molecule has 0 aliphatic carbocycles. The Morgan fingerprint density at radius 1 is 1.00 bits per heavy atom. The Balaban J connectivity index is 2.40. The highest BCUT2D eigenvalue weighted by Gasteiger charge is 2.32. The molecule has 0 aliphatic rings. The maximum Gasteiger partial charge on any atom is 0.573 e. The molecule has 2 aromatic rings. The van der Waals surface area contributed by atoms with Crippen LogP contribution < -0.4 is 9.47 Å². The van der Waals surface area contributed by atoms with Gasteiger partial charge in [-0.25, -0.2) is 0 Å². The van der Waals surface area contributed by atoms with Gasteiger partial charge in [-0.05, 0) is 29.3 Å². The van der Waals surface area contributed by atoms with E-state index in [1.807, 2.05) is 0 Å². The van der Waals surface area contributed by atoms with E-state index in [0.29, 0.717) is 11.3 Å². The van der Waals surface area contributed by atoms with Crippen molar-refractivity contribution in [1.29, 1.82) is 0 Å². The van der Waals surface area contributed by atoms with Gasteiger partial charge >= 0.3 is 6.36 Å². The third-order valence-corrected chi connectivity index (χ3v) is 2.88. The van der Waals surface area contributed by atoms with E-state index < -0.39 is 6.36 Å². The van der Waals surface area contributed by atoms with Gasteiger partial charge in [0.05, 0.1) is 7.11 Å². The molecule has 2 nitrogen and oxygen atoms in total. The van der Waals surface area contributed by atoms with Gasteiger partial charge in [0.25, 0.3) is 0 Å². The monoisotopic (exact) mass is 294 g/mol. The lowest BCUT2D eigenvalue weighted by Gasteiger charge is -2.13. The average molecular weight is 294 g/mol. The van der Waals surface area contributed by atoms with Crippen LogP contribution in [0.3, 0.4) is 0 Å². The molecule has 0 radical (unpaired) electrons. The predicted molar refractivity (Wildman–Crippen MR) is 75.2 cm³/mol. The molecule has 0 aliphatic heterocycles. The van der Waals surface area contributed by atoms with Gasteiger partial charge in [-0.15, -0.1) is 13.2 Å². The van der Waals surface area contributed by atoms with Gasteiger partial charge in [-0.1, -0.05) is 36.9 Å². The van der Waals surface area contributed by atoms with Crippen LogP contribution in [-0.2, 0) is 0 Å². The van der Waals surface area contributed by atoms with Crippen LogP contribution in [-0.4, -0.2) is 13.5 Å². The first-order chi connectivity index (χ1) is 9.93. The molecule has 21 heavy (non-hydrogen) atoms. The predicted octanol–water partition coefficient (Wildman–Crippen LogP) is 4.90. The largest absolute Gasteiger partial charge is 0.573 e. The summed E-state index contributed by atoms with van der Waals surface area (Å²) in [5, 5.41) is 0. The van der Waals surface area contributed by atoms with Crippen LogP contribution in [0, 0.1) is 0 Å². The first-order valence-corrected chi connectivity index (χ1v) is 6.09. The van der Waals surface area contributed by atoms with Crippen molar-refractivity contribution in [3.05, 3.63) is 54.6 Å². The smallest absolute Gasteiger partial charge is 0.497 e. The Morgan fingerprint density at radius 2 is 1.62 bits per heavy atom. The van der Waals surface area contributed by atoms with Crippen molar-refractivity contribution in [1.82, 2.24) is 0 Å². The second-order valence-electron chi connectivity index (χ2n) is 4.23. The molecule has 0 saturated heterocycles. The van der Waals surface area contributed by atoms with Crippen molar-refractivity contribution >= 4 is 6.08 Å². The van der Waals surface area contributed by atoms with Gasteiger partial charge in [0, 0.05) is 5.56 Å². The minimum absolute atomic E-state index is 0.272. The Bertz CT molecular complexity index is 631. The number of hydrogen-bond acceptors (Lipinski definition) is 2. The summed E-state index contributed by atoms with van der Waals surface area (Å²) in [6, 6.07) is 11.6. The zero-order valence-corrected chi connectivity index (χ0v) is 11.3. The first kappa shape index (κ1) is 15.0. The number of alkyl halides is 3. The van der Waals surface area contributed by atoms with Crippen LogP contribution in [0.25, 0.3) is 17.2 Å². The number of benzene rings is 2. The lowest BCUT2D eigenvalue weighted by atomic mass is 10.0. The molecule has 0 unspecified atom stereocenters. The quantitative estimate of drug-likeness (QED) is 0.798. The Kier molecular flexibility index (Phi) is 4.21. The Morgan fingerprint density at radius 3 is 2.14 bits per heavy atom. The maximum absolute atomic E-state index is 12.4. The second-order valence-corrected chi connectivity index (χ2v) is 4.23. The third-order valence-electron chi connectivity index (χ3n) is 2.88. The Labute approximate surface area is 120 Å². The molecule has 0 N–H and O–H groups in total. The van der Waals surface area contributed by atoms with Gasteiger partial charge < -0.3 is 9.47 Å². The third kappa shape index (κ3) is 3.78. The fourth-order valence-electron chi connectivity index (χ4n) is 1.88. The van der Waals surface area contributed by atoms with E-state index in [2.05, 4.69) is 11.3 Å². The zero-order valence-electron chi connectivity index (χ0n) is 11.3. The summed E-state index contributed by atoms with van der Waals surface area (Å²) in [5.74, 6) is 0.402. The molecule has 0 heterocycles. The number of ether oxygens (including phenoxy) is 2.